The normalized spacial score (nSPS) is 14.8. The molecular formula is C27H32N6O. The molecule has 2 aromatic heterocycles. The van der Waals surface area contributed by atoms with Crippen LogP contribution in [0.1, 0.15) is 66.2 Å². The van der Waals surface area contributed by atoms with Crippen LogP contribution in [0, 0.1) is 13.8 Å². The zero-order valence-electron chi connectivity index (χ0n) is 20.0. The summed E-state index contributed by atoms with van der Waals surface area (Å²) in [7, 11) is 0. The second-order valence-electron chi connectivity index (χ2n) is 9.68. The smallest absolute Gasteiger partial charge is 0.252 e. The van der Waals surface area contributed by atoms with E-state index in [1.807, 2.05) is 23.7 Å². The predicted octanol–water partition coefficient (Wildman–Crippen LogP) is 4.84. The van der Waals surface area contributed by atoms with Crippen molar-refractivity contribution in [2.75, 3.05) is 0 Å². The van der Waals surface area contributed by atoms with Gasteiger partial charge >= 0.3 is 0 Å². The maximum absolute atomic E-state index is 13.0. The Hall–Kier alpha value is -3.32. The molecular weight excluding hydrogens is 424 g/mol. The molecule has 0 unspecified atom stereocenters. The third-order valence-electron chi connectivity index (χ3n) is 6.85. The first kappa shape index (κ1) is 22.5. The summed E-state index contributed by atoms with van der Waals surface area (Å²) < 4.78 is 2.02. The Morgan fingerprint density at radius 1 is 0.941 bits per heavy atom. The molecule has 0 saturated heterocycles. The monoisotopic (exact) mass is 456 g/mol. The van der Waals surface area contributed by atoms with Gasteiger partial charge in [-0.05, 0) is 65.8 Å². The van der Waals surface area contributed by atoms with Crippen LogP contribution >= 0.6 is 0 Å². The molecule has 0 atom stereocenters. The van der Waals surface area contributed by atoms with Gasteiger partial charge in [0, 0.05) is 24.2 Å². The predicted molar refractivity (Wildman–Crippen MR) is 133 cm³/mol. The number of nitrogens with zero attached hydrogens (tertiary/aromatic N) is 5. The van der Waals surface area contributed by atoms with Crippen molar-refractivity contribution in [2.24, 2.45) is 0 Å². The van der Waals surface area contributed by atoms with Crippen molar-refractivity contribution in [3.05, 3.63) is 87.0 Å². The largest absolute Gasteiger partial charge is 0.322 e. The quantitative estimate of drug-likeness (QED) is 0.430. The molecule has 7 heteroatoms. The first-order valence-electron chi connectivity index (χ1n) is 12.2. The van der Waals surface area contributed by atoms with E-state index in [4.69, 9.17) is 0 Å². The molecule has 34 heavy (non-hydrogen) atoms. The van der Waals surface area contributed by atoms with E-state index in [1.54, 1.807) is 0 Å². The van der Waals surface area contributed by atoms with Gasteiger partial charge in [-0.25, -0.2) is 4.68 Å². The number of hydrogen-bond donors (Lipinski definition) is 1. The third-order valence-corrected chi connectivity index (χ3v) is 6.85. The van der Waals surface area contributed by atoms with E-state index in [1.165, 1.54) is 30.4 Å². The molecule has 1 aliphatic rings. The molecule has 1 saturated carbocycles. The fraction of sp³-hybridized carbons (Fsp3) is 0.407. The zero-order valence-corrected chi connectivity index (χ0v) is 20.0. The summed E-state index contributed by atoms with van der Waals surface area (Å²) >= 11 is 0. The number of pyridine rings is 1. The molecule has 0 amide bonds. The van der Waals surface area contributed by atoms with E-state index >= 15 is 0 Å². The Kier molecular flexibility index (Phi) is 6.54. The molecule has 0 bridgehead atoms. The average molecular weight is 457 g/mol. The van der Waals surface area contributed by atoms with Gasteiger partial charge in [-0.1, -0.05) is 61.2 Å². The Bertz CT molecular complexity index is 1320. The maximum atomic E-state index is 13.0. The van der Waals surface area contributed by atoms with Crippen LogP contribution in [0.2, 0.25) is 0 Å². The molecule has 176 valence electrons. The van der Waals surface area contributed by atoms with Crippen LogP contribution in [0.3, 0.4) is 0 Å². The topological polar surface area (TPSA) is 79.7 Å². The molecule has 4 aromatic rings. The number of H-pyrrole nitrogens is 1. The van der Waals surface area contributed by atoms with Gasteiger partial charge in [-0.3, -0.25) is 9.69 Å². The zero-order chi connectivity index (χ0) is 23.5. The van der Waals surface area contributed by atoms with Crippen LogP contribution in [0.4, 0.5) is 0 Å². The maximum Gasteiger partial charge on any atom is 0.252 e. The SMILES string of the molecule is Cc1ccc(CN(Cc2cc3ccc(C)cc3[nH]c2=O)Cc2nnnn2C2CCCCC2)cc1. The van der Waals surface area contributed by atoms with Gasteiger partial charge in [0.1, 0.15) is 0 Å². The van der Waals surface area contributed by atoms with E-state index in [0.717, 1.165) is 40.7 Å². The summed E-state index contributed by atoms with van der Waals surface area (Å²) in [5, 5.41) is 13.8. The first-order chi connectivity index (χ1) is 16.5. The minimum Gasteiger partial charge on any atom is -0.322 e. The van der Waals surface area contributed by atoms with Crippen LogP contribution in [0.5, 0.6) is 0 Å². The molecule has 0 radical (unpaired) electrons. The van der Waals surface area contributed by atoms with Gasteiger partial charge in [0.2, 0.25) is 0 Å². The molecule has 1 fully saturated rings. The van der Waals surface area contributed by atoms with Crippen molar-refractivity contribution in [3.8, 4) is 0 Å². The lowest BCUT2D eigenvalue weighted by Crippen LogP contribution is -2.29. The van der Waals surface area contributed by atoms with Gasteiger partial charge in [-0.2, -0.15) is 0 Å². The Labute approximate surface area is 199 Å². The van der Waals surface area contributed by atoms with Crippen LogP contribution in [-0.4, -0.2) is 30.1 Å². The standard InChI is InChI=1S/C27H32N6O/c1-19-8-11-21(12-9-19)16-32(18-26-29-30-31-33(26)24-6-4-3-5-7-24)17-23-15-22-13-10-20(2)14-25(22)28-27(23)34/h8-15,24H,3-7,16-18H2,1-2H3,(H,28,34). The molecule has 2 heterocycles. The highest BCUT2D eigenvalue weighted by Gasteiger charge is 2.22. The summed E-state index contributed by atoms with van der Waals surface area (Å²) in [6, 6.07) is 17.1. The van der Waals surface area contributed by atoms with Gasteiger partial charge < -0.3 is 4.98 Å². The molecule has 2 aromatic carbocycles. The number of nitrogens with one attached hydrogen (secondary N) is 1. The second-order valence-corrected chi connectivity index (χ2v) is 9.68. The summed E-state index contributed by atoms with van der Waals surface area (Å²) in [5.74, 6) is 0.867. The second kappa shape index (κ2) is 9.89. The van der Waals surface area contributed by atoms with E-state index in [9.17, 15) is 4.79 Å². The van der Waals surface area contributed by atoms with Gasteiger partial charge in [0.05, 0.1) is 12.6 Å². The number of hydrogen-bond acceptors (Lipinski definition) is 5. The van der Waals surface area contributed by atoms with Crippen molar-refractivity contribution in [2.45, 2.75) is 71.6 Å². The number of aromatic amines is 1. The van der Waals surface area contributed by atoms with Crippen LogP contribution in [0.25, 0.3) is 10.9 Å². The lowest BCUT2D eigenvalue weighted by molar-refractivity contribution is 0.225. The van der Waals surface area contributed by atoms with Gasteiger partial charge in [0.25, 0.3) is 5.56 Å². The summed E-state index contributed by atoms with van der Waals surface area (Å²) in [5.41, 5.74) is 5.15. The fourth-order valence-electron chi connectivity index (χ4n) is 4.96. The number of tetrazole rings is 1. The van der Waals surface area contributed by atoms with Crippen molar-refractivity contribution in [3.63, 3.8) is 0 Å². The van der Waals surface area contributed by atoms with Crippen LogP contribution in [0.15, 0.2) is 53.3 Å². The van der Waals surface area contributed by atoms with E-state index in [2.05, 4.69) is 68.7 Å². The lowest BCUT2D eigenvalue weighted by atomic mass is 9.95. The molecule has 0 spiro atoms. The summed E-state index contributed by atoms with van der Waals surface area (Å²) in [6.45, 7) is 5.94. The minimum atomic E-state index is -0.0427. The highest BCUT2D eigenvalue weighted by atomic mass is 16.1. The third kappa shape index (κ3) is 5.09. The minimum absolute atomic E-state index is 0.0427. The molecule has 0 aliphatic heterocycles. The number of benzene rings is 2. The average Bonchev–Trinajstić information content (AvgIpc) is 3.30. The van der Waals surface area contributed by atoms with Crippen molar-refractivity contribution in [1.82, 2.24) is 30.1 Å². The summed E-state index contributed by atoms with van der Waals surface area (Å²) in [4.78, 5) is 18.3. The van der Waals surface area contributed by atoms with E-state index in [-0.39, 0.29) is 5.56 Å². The van der Waals surface area contributed by atoms with E-state index < -0.39 is 0 Å². The van der Waals surface area contributed by atoms with E-state index in [0.29, 0.717) is 25.7 Å². The summed E-state index contributed by atoms with van der Waals surface area (Å²) in [6.07, 6.45) is 5.99. The first-order valence-corrected chi connectivity index (χ1v) is 12.2. The lowest BCUT2D eigenvalue weighted by Gasteiger charge is -2.25. The number of aromatic nitrogens is 5. The van der Waals surface area contributed by atoms with Crippen molar-refractivity contribution >= 4 is 10.9 Å². The molecule has 5 rings (SSSR count). The highest BCUT2D eigenvalue weighted by Crippen LogP contribution is 2.28. The number of aryl methyl sites for hydroxylation is 2. The Balaban J connectivity index is 1.44. The van der Waals surface area contributed by atoms with Crippen molar-refractivity contribution in [1.29, 1.82) is 0 Å². The van der Waals surface area contributed by atoms with Gasteiger partial charge in [-0.15, -0.1) is 5.10 Å². The highest BCUT2D eigenvalue weighted by molar-refractivity contribution is 5.79. The molecule has 1 N–H and O–H groups in total. The Morgan fingerprint density at radius 2 is 1.71 bits per heavy atom. The number of rotatable bonds is 7. The van der Waals surface area contributed by atoms with Gasteiger partial charge in [0.15, 0.2) is 5.82 Å². The molecule has 7 nitrogen and oxygen atoms in total. The van der Waals surface area contributed by atoms with Crippen LogP contribution in [-0.2, 0) is 19.6 Å². The van der Waals surface area contributed by atoms with Crippen molar-refractivity contribution < 1.29 is 0 Å². The van der Waals surface area contributed by atoms with Crippen LogP contribution < -0.4 is 5.56 Å². The molecule has 1 aliphatic carbocycles. The number of fused-ring (bicyclic) bond motifs is 1. The Morgan fingerprint density at radius 3 is 2.50 bits per heavy atom. The fourth-order valence-corrected chi connectivity index (χ4v) is 4.96.